The topological polar surface area (TPSA) is 78.0 Å². The van der Waals surface area contributed by atoms with Crippen LogP contribution in [0.4, 0.5) is 4.39 Å². The fourth-order valence-corrected chi connectivity index (χ4v) is 5.25. The highest BCUT2D eigenvalue weighted by Crippen LogP contribution is 2.24. The molecule has 0 spiro atoms. The minimum Gasteiger partial charge on any atom is -0.339 e. The average Bonchev–Trinajstić information content (AvgIpc) is 2.73. The maximum absolute atomic E-state index is 14.3. The number of hydrogen-bond donors (Lipinski definition) is 0. The Hall–Kier alpha value is -2.00. The van der Waals surface area contributed by atoms with Gasteiger partial charge < -0.3 is 9.80 Å². The summed E-state index contributed by atoms with van der Waals surface area (Å²) in [4.78, 5) is 27.4. The largest absolute Gasteiger partial charge is 0.339 e. The van der Waals surface area contributed by atoms with E-state index in [-0.39, 0.29) is 17.4 Å². The van der Waals surface area contributed by atoms with Gasteiger partial charge in [-0.25, -0.2) is 12.8 Å². The van der Waals surface area contributed by atoms with Crippen LogP contribution in [0.1, 0.15) is 43.0 Å². The van der Waals surface area contributed by atoms with Crippen molar-refractivity contribution >= 4 is 21.8 Å². The van der Waals surface area contributed by atoms with Gasteiger partial charge in [-0.2, -0.15) is 4.31 Å². The van der Waals surface area contributed by atoms with Gasteiger partial charge in [-0.3, -0.25) is 9.59 Å². The molecule has 7 nitrogen and oxygen atoms in total. The van der Waals surface area contributed by atoms with Crippen LogP contribution in [0.3, 0.4) is 0 Å². The maximum atomic E-state index is 14.3. The number of piperazine rings is 1. The van der Waals surface area contributed by atoms with E-state index in [0.29, 0.717) is 45.7 Å². The molecule has 2 aliphatic heterocycles. The van der Waals surface area contributed by atoms with Gasteiger partial charge in [-0.15, -0.1) is 0 Å². The number of halogens is 1. The Kier molecular flexibility index (Phi) is 6.34. The molecule has 0 aliphatic carbocycles. The first-order valence-electron chi connectivity index (χ1n) is 9.71. The summed E-state index contributed by atoms with van der Waals surface area (Å²) in [5, 5.41) is 0. The Bertz CT molecular complexity index is 845. The van der Waals surface area contributed by atoms with E-state index >= 15 is 0 Å². The number of carbonyl (C=O) groups is 2. The van der Waals surface area contributed by atoms with Gasteiger partial charge >= 0.3 is 0 Å². The number of hydrogen-bond acceptors (Lipinski definition) is 4. The molecular weight excluding hydrogens is 385 g/mol. The first-order chi connectivity index (χ1) is 13.3. The number of benzene rings is 1. The Morgan fingerprint density at radius 2 is 1.57 bits per heavy atom. The van der Waals surface area contributed by atoms with Gasteiger partial charge in [0.15, 0.2) is 0 Å². The number of sulfonamides is 1. The third kappa shape index (κ3) is 4.20. The predicted octanol–water partition coefficient (Wildman–Crippen LogP) is 1.69. The molecule has 2 aliphatic rings. The standard InChI is InChI=1S/C19H26FN3O4S/c1-2-18(24)21-10-12-22(13-11-21)19(25)15-6-7-16(20)17(14-15)28(26,27)23-8-4-3-5-9-23/h6-7,14H,2-5,8-13H2,1H3. The summed E-state index contributed by atoms with van der Waals surface area (Å²) in [6.45, 7) is 4.16. The van der Waals surface area contributed by atoms with Gasteiger partial charge in [0.05, 0.1) is 0 Å². The van der Waals surface area contributed by atoms with Crippen LogP contribution in [-0.4, -0.2) is 73.6 Å². The van der Waals surface area contributed by atoms with E-state index in [9.17, 15) is 22.4 Å². The Morgan fingerprint density at radius 3 is 2.18 bits per heavy atom. The molecule has 1 aromatic rings. The zero-order chi connectivity index (χ0) is 20.3. The van der Waals surface area contributed by atoms with Crippen LogP contribution < -0.4 is 0 Å². The minimum absolute atomic E-state index is 0.0452. The molecule has 0 radical (unpaired) electrons. The molecule has 2 saturated heterocycles. The van der Waals surface area contributed by atoms with Crippen LogP contribution in [0, 0.1) is 5.82 Å². The van der Waals surface area contributed by atoms with E-state index < -0.39 is 20.7 Å². The zero-order valence-corrected chi connectivity index (χ0v) is 16.9. The molecule has 0 aromatic heterocycles. The van der Waals surface area contributed by atoms with Gasteiger partial charge in [0, 0.05) is 51.3 Å². The van der Waals surface area contributed by atoms with E-state index in [1.54, 1.807) is 16.7 Å². The second-order valence-electron chi connectivity index (χ2n) is 7.14. The van der Waals surface area contributed by atoms with Crippen molar-refractivity contribution in [3.63, 3.8) is 0 Å². The average molecular weight is 411 g/mol. The van der Waals surface area contributed by atoms with Crippen molar-refractivity contribution in [2.24, 2.45) is 0 Å². The number of piperidine rings is 1. The lowest BCUT2D eigenvalue weighted by molar-refractivity contribution is -0.132. The Morgan fingerprint density at radius 1 is 0.964 bits per heavy atom. The van der Waals surface area contributed by atoms with Crippen molar-refractivity contribution in [3.05, 3.63) is 29.6 Å². The predicted molar refractivity (Wildman–Crippen MR) is 102 cm³/mol. The first kappa shape index (κ1) is 20.7. The molecule has 3 rings (SSSR count). The van der Waals surface area contributed by atoms with Gasteiger partial charge in [0.2, 0.25) is 15.9 Å². The first-order valence-corrected chi connectivity index (χ1v) is 11.2. The smallest absolute Gasteiger partial charge is 0.254 e. The van der Waals surface area contributed by atoms with Crippen molar-refractivity contribution in [3.8, 4) is 0 Å². The van der Waals surface area contributed by atoms with E-state index in [1.807, 2.05) is 0 Å². The summed E-state index contributed by atoms with van der Waals surface area (Å²) in [5.41, 5.74) is 0.146. The number of rotatable bonds is 4. The molecule has 28 heavy (non-hydrogen) atoms. The van der Waals surface area contributed by atoms with E-state index in [4.69, 9.17) is 0 Å². The fraction of sp³-hybridized carbons (Fsp3) is 0.579. The van der Waals surface area contributed by atoms with Crippen LogP contribution in [0.5, 0.6) is 0 Å². The third-order valence-electron chi connectivity index (χ3n) is 5.33. The Labute approximate surface area is 165 Å². The minimum atomic E-state index is -3.97. The highest BCUT2D eigenvalue weighted by Gasteiger charge is 2.30. The summed E-state index contributed by atoms with van der Waals surface area (Å²) < 4.78 is 41.3. The van der Waals surface area contributed by atoms with Gasteiger partial charge in [-0.1, -0.05) is 13.3 Å². The number of nitrogens with zero attached hydrogens (tertiary/aromatic N) is 3. The van der Waals surface area contributed by atoms with E-state index in [2.05, 4.69) is 0 Å². The van der Waals surface area contributed by atoms with E-state index in [0.717, 1.165) is 31.4 Å². The molecule has 0 saturated carbocycles. The monoisotopic (exact) mass is 411 g/mol. The molecule has 2 amide bonds. The molecule has 0 N–H and O–H groups in total. The van der Waals surface area contributed by atoms with E-state index in [1.165, 1.54) is 10.4 Å². The summed E-state index contributed by atoms with van der Waals surface area (Å²) in [5.74, 6) is -1.15. The molecule has 2 fully saturated rings. The van der Waals surface area contributed by atoms with Crippen LogP contribution in [0.25, 0.3) is 0 Å². The Balaban J connectivity index is 1.78. The quantitative estimate of drug-likeness (QED) is 0.756. The number of carbonyl (C=O) groups excluding carboxylic acids is 2. The third-order valence-corrected chi connectivity index (χ3v) is 7.25. The summed E-state index contributed by atoms with van der Waals surface area (Å²) >= 11 is 0. The molecule has 0 bridgehead atoms. The van der Waals surface area contributed by atoms with Crippen molar-refractivity contribution in [1.29, 1.82) is 0 Å². The molecule has 9 heteroatoms. The highest BCUT2D eigenvalue weighted by molar-refractivity contribution is 7.89. The lowest BCUT2D eigenvalue weighted by atomic mass is 10.1. The molecule has 1 aromatic carbocycles. The molecular formula is C19H26FN3O4S. The lowest BCUT2D eigenvalue weighted by Gasteiger charge is -2.34. The highest BCUT2D eigenvalue weighted by atomic mass is 32.2. The van der Waals surface area contributed by atoms with Crippen LogP contribution in [-0.2, 0) is 14.8 Å². The van der Waals surface area contributed by atoms with Crippen molar-refractivity contribution in [2.45, 2.75) is 37.5 Å². The van der Waals surface area contributed by atoms with Crippen molar-refractivity contribution in [1.82, 2.24) is 14.1 Å². The summed E-state index contributed by atoms with van der Waals surface area (Å²) in [7, 11) is -3.97. The van der Waals surface area contributed by atoms with Gasteiger partial charge in [0.1, 0.15) is 10.7 Å². The second-order valence-corrected chi connectivity index (χ2v) is 9.04. The van der Waals surface area contributed by atoms with Crippen molar-refractivity contribution in [2.75, 3.05) is 39.3 Å². The second kappa shape index (κ2) is 8.57. The van der Waals surface area contributed by atoms with Crippen LogP contribution >= 0.6 is 0 Å². The zero-order valence-electron chi connectivity index (χ0n) is 16.1. The van der Waals surface area contributed by atoms with Gasteiger partial charge in [0.25, 0.3) is 5.91 Å². The van der Waals surface area contributed by atoms with Crippen molar-refractivity contribution < 1.29 is 22.4 Å². The molecule has 154 valence electrons. The summed E-state index contributed by atoms with van der Waals surface area (Å²) in [6, 6.07) is 3.50. The normalized spacial score (nSPS) is 18.9. The van der Waals surface area contributed by atoms with Crippen LogP contribution in [0.15, 0.2) is 23.1 Å². The van der Waals surface area contributed by atoms with Gasteiger partial charge in [-0.05, 0) is 31.0 Å². The number of amides is 2. The SMILES string of the molecule is CCC(=O)N1CCN(C(=O)c2ccc(F)c(S(=O)(=O)N3CCCCC3)c2)CC1. The molecule has 0 unspecified atom stereocenters. The lowest BCUT2D eigenvalue weighted by Crippen LogP contribution is -2.50. The fourth-order valence-electron chi connectivity index (χ4n) is 3.64. The molecule has 0 atom stereocenters. The molecule has 2 heterocycles. The maximum Gasteiger partial charge on any atom is 0.254 e. The summed E-state index contributed by atoms with van der Waals surface area (Å²) in [6.07, 6.45) is 2.88. The van der Waals surface area contributed by atoms with Crippen LogP contribution in [0.2, 0.25) is 0 Å².